The van der Waals surface area contributed by atoms with Gasteiger partial charge in [-0.3, -0.25) is 0 Å². The Morgan fingerprint density at radius 1 is 1.50 bits per heavy atom. The summed E-state index contributed by atoms with van der Waals surface area (Å²) in [5, 5.41) is 3.42. The van der Waals surface area contributed by atoms with Crippen molar-refractivity contribution in [2.45, 2.75) is 38.6 Å². The normalized spacial score (nSPS) is 34.0. The second kappa shape index (κ2) is 4.35. The van der Waals surface area contributed by atoms with Crippen LogP contribution in [0.2, 0.25) is 0 Å². The lowest BCUT2D eigenvalue weighted by Crippen LogP contribution is -2.36. The summed E-state index contributed by atoms with van der Waals surface area (Å²) in [6.07, 6.45) is 7.47. The third kappa shape index (κ3) is 1.81. The van der Waals surface area contributed by atoms with E-state index in [1.165, 1.54) is 25.0 Å². The number of hydrogen-bond acceptors (Lipinski definition) is 2. The molecule has 3 unspecified atom stereocenters. The van der Waals surface area contributed by atoms with Gasteiger partial charge in [0.1, 0.15) is 5.76 Å². The summed E-state index contributed by atoms with van der Waals surface area (Å²) in [5.41, 5.74) is 0. The number of ether oxygens (including phenoxy) is 1. The Hall–Kier alpha value is -0.500. The fourth-order valence-corrected chi connectivity index (χ4v) is 2.89. The van der Waals surface area contributed by atoms with Crippen LogP contribution in [0.4, 0.5) is 0 Å². The number of likely N-dealkylation sites (N-methyl/N-ethyl adjacent to an activating group) is 1. The van der Waals surface area contributed by atoms with Crippen LogP contribution in [0.25, 0.3) is 0 Å². The van der Waals surface area contributed by atoms with E-state index in [-0.39, 0.29) is 0 Å². The van der Waals surface area contributed by atoms with E-state index < -0.39 is 0 Å². The summed E-state index contributed by atoms with van der Waals surface area (Å²) in [5.74, 6) is 2.83. The van der Waals surface area contributed by atoms with Crippen molar-refractivity contribution in [2.24, 2.45) is 11.8 Å². The number of hydrogen-bond donors (Lipinski definition) is 1. The minimum atomic E-state index is 0.468. The van der Waals surface area contributed by atoms with Crippen LogP contribution >= 0.6 is 0 Å². The van der Waals surface area contributed by atoms with Gasteiger partial charge in [-0.1, -0.05) is 19.8 Å². The minimum Gasteiger partial charge on any atom is -0.496 e. The van der Waals surface area contributed by atoms with Crippen LogP contribution in [0.3, 0.4) is 0 Å². The van der Waals surface area contributed by atoms with Crippen LogP contribution in [0.1, 0.15) is 32.6 Å². The molecule has 1 aliphatic carbocycles. The van der Waals surface area contributed by atoms with Gasteiger partial charge in [-0.05, 0) is 31.4 Å². The molecule has 14 heavy (non-hydrogen) atoms. The van der Waals surface area contributed by atoms with Gasteiger partial charge in [-0.2, -0.15) is 0 Å². The van der Waals surface area contributed by atoms with E-state index in [1.54, 1.807) is 0 Å². The molecule has 1 aliphatic heterocycles. The van der Waals surface area contributed by atoms with Crippen molar-refractivity contribution in [2.75, 3.05) is 13.7 Å². The topological polar surface area (TPSA) is 21.3 Å². The monoisotopic (exact) mass is 195 g/mol. The summed E-state index contributed by atoms with van der Waals surface area (Å²) in [6, 6.07) is 0.468. The van der Waals surface area contributed by atoms with Crippen LogP contribution in [0, 0.1) is 11.8 Å². The van der Waals surface area contributed by atoms with E-state index in [9.17, 15) is 0 Å². The number of nitrogens with one attached hydrogen (secondary N) is 1. The second-order valence-electron chi connectivity index (χ2n) is 4.58. The van der Waals surface area contributed by atoms with Crippen molar-refractivity contribution in [1.82, 2.24) is 5.32 Å². The third-order valence-electron chi connectivity index (χ3n) is 3.71. The average molecular weight is 195 g/mol. The Kier molecular flexibility index (Phi) is 3.12. The standard InChI is InChI=1S/C12H21NO/c1-9-5-3-6-10(9)12(13-2)11-7-4-8-14-11/h7,9-10,12-13H,3-6,8H2,1-2H3. The molecule has 1 saturated carbocycles. The average Bonchev–Trinajstić information content (AvgIpc) is 2.80. The van der Waals surface area contributed by atoms with Crippen LogP contribution in [-0.2, 0) is 4.74 Å². The highest BCUT2D eigenvalue weighted by Gasteiger charge is 2.33. The molecule has 2 heteroatoms. The highest BCUT2D eigenvalue weighted by molar-refractivity contribution is 5.10. The molecule has 3 atom stereocenters. The first-order chi connectivity index (χ1) is 6.83. The lowest BCUT2D eigenvalue weighted by Gasteiger charge is -2.27. The van der Waals surface area contributed by atoms with Gasteiger partial charge in [-0.25, -0.2) is 0 Å². The van der Waals surface area contributed by atoms with Crippen LogP contribution < -0.4 is 5.32 Å². The summed E-state index contributed by atoms with van der Waals surface area (Å²) < 4.78 is 5.67. The zero-order chi connectivity index (χ0) is 9.97. The van der Waals surface area contributed by atoms with E-state index in [1.807, 2.05) is 0 Å². The van der Waals surface area contributed by atoms with E-state index in [0.29, 0.717) is 6.04 Å². The summed E-state index contributed by atoms with van der Waals surface area (Å²) in [4.78, 5) is 0. The first-order valence-electron chi connectivity index (χ1n) is 5.83. The first kappa shape index (κ1) is 10.0. The molecule has 0 aromatic rings. The molecule has 2 nitrogen and oxygen atoms in total. The molecule has 2 aliphatic rings. The molecule has 2 rings (SSSR count). The minimum absolute atomic E-state index is 0.468. The highest BCUT2D eigenvalue weighted by Crippen LogP contribution is 2.36. The molecule has 0 aromatic heterocycles. The maximum Gasteiger partial charge on any atom is 0.109 e. The van der Waals surface area contributed by atoms with E-state index >= 15 is 0 Å². The molecular weight excluding hydrogens is 174 g/mol. The van der Waals surface area contributed by atoms with Crippen molar-refractivity contribution in [3.8, 4) is 0 Å². The van der Waals surface area contributed by atoms with E-state index in [2.05, 4.69) is 25.4 Å². The molecule has 1 N–H and O–H groups in total. The lowest BCUT2D eigenvalue weighted by atomic mass is 9.89. The molecule has 1 fully saturated rings. The van der Waals surface area contributed by atoms with Crippen LogP contribution in [0.15, 0.2) is 11.8 Å². The molecule has 0 amide bonds. The molecule has 0 bridgehead atoms. The van der Waals surface area contributed by atoms with Crippen LogP contribution in [0.5, 0.6) is 0 Å². The molecular formula is C12H21NO. The fraction of sp³-hybridized carbons (Fsp3) is 0.833. The number of rotatable bonds is 3. The quantitative estimate of drug-likeness (QED) is 0.746. The predicted molar refractivity (Wildman–Crippen MR) is 58.0 cm³/mol. The van der Waals surface area contributed by atoms with E-state index in [0.717, 1.165) is 24.9 Å². The van der Waals surface area contributed by atoms with Gasteiger partial charge >= 0.3 is 0 Å². The van der Waals surface area contributed by atoms with Gasteiger partial charge in [0.25, 0.3) is 0 Å². The van der Waals surface area contributed by atoms with Gasteiger partial charge in [-0.15, -0.1) is 0 Å². The van der Waals surface area contributed by atoms with Crippen molar-refractivity contribution in [3.05, 3.63) is 11.8 Å². The molecule has 0 aromatic carbocycles. The van der Waals surface area contributed by atoms with Crippen molar-refractivity contribution < 1.29 is 4.74 Å². The molecule has 0 radical (unpaired) electrons. The summed E-state index contributed by atoms with van der Waals surface area (Å²) in [6.45, 7) is 3.26. The lowest BCUT2D eigenvalue weighted by molar-refractivity contribution is 0.185. The molecule has 0 saturated heterocycles. The summed E-state index contributed by atoms with van der Waals surface area (Å²) in [7, 11) is 2.05. The highest BCUT2D eigenvalue weighted by atomic mass is 16.5. The predicted octanol–water partition coefficient (Wildman–Crippen LogP) is 2.31. The van der Waals surface area contributed by atoms with E-state index in [4.69, 9.17) is 4.74 Å². The van der Waals surface area contributed by atoms with Crippen molar-refractivity contribution in [3.63, 3.8) is 0 Å². The zero-order valence-corrected chi connectivity index (χ0v) is 9.25. The third-order valence-corrected chi connectivity index (χ3v) is 3.71. The molecule has 0 spiro atoms. The maximum atomic E-state index is 5.67. The Labute approximate surface area is 86.7 Å². The maximum absolute atomic E-state index is 5.67. The van der Waals surface area contributed by atoms with Gasteiger partial charge in [0, 0.05) is 6.42 Å². The largest absolute Gasteiger partial charge is 0.496 e. The Balaban J connectivity index is 2.04. The second-order valence-corrected chi connectivity index (χ2v) is 4.58. The fourth-order valence-electron chi connectivity index (χ4n) is 2.89. The van der Waals surface area contributed by atoms with Gasteiger partial charge < -0.3 is 10.1 Å². The smallest absolute Gasteiger partial charge is 0.109 e. The van der Waals surface area contributed by atoms with Gasteiger partial charge in [0.05, 0.1) is 12.6 Å². The Morgan fingerprint density at radius 2 is 2.36 bits per heavy atom. The Morgan fingerprint density at radius 3 is 2.86 bits per heavy atom. The molecule has 80 valence electrons. The summed E-state index contributed by atoms with van der Waals surface area (Å²) >= 11 is 0. The van der Waals surface area contributed by atoms with Crippen molar-refractivity contribution in [1.29, 1.82) is 0 Å². The van der Waals surface area contributed by atoms with Crippen molar-refractivity contribution >= 4 is 0 Å². The Bertz CT molecular complexity index is 224. The SMILES string of the molecule is CNC(C1=CCCO1)C1CCCC1C. The van der Waals surface area contributed by atoms with Gasteiger partial charge in [0.2, 0.25) is 0 Å². The first-order valence-corrected chi connectivity index (χ1v) is 5.83. The van der Waals surface area contributed by atoms with Gasteiger partial charge in [0.15, 0.2) is 0 Å². The zero-order valence-electron chi connectivity index (χ0n) is 9.25. The van der Waals surface area contributed by atoms with Crippen LogP contribution in [-0.4, -0.2) is 19.7 Å². The molecule has 1 heterocycles.